The summed E-state index contributed by atoms with van der Waals surface area (Å²) < 4.78 is 17.7. The van der Waals surface area contributed by atoms with E-state index in [1.54, 1.807) is 0 Å². The fraction of sp³-hybridized carbons (Fsp3) is 1.00. The summed E-state index contributed by atoms with van der Waals surface area (Å²) >= 11 is 0. The first-order valence-corrected chi connectivity index (χ1v) is 16.7. The summed E-state index contributed by atoms with van der Waals surface area (Å²) in [5, 5.41) is 0. The molecule has 0 aromatic heterocycles. The van der Waals surface area contributed by atoms with Gasteiger partial charge in [-0.05, 0) is 35.5 Å². The second-order valence-electron chi connectivity index (χ2n) is 9.83. The lowest BCUT2D eigenvalue weighted by Crippen LogP contribution is -2.47. The van der Waals surface area contributed by atoms with Crippen LogP contribution < -0.4 is 0 Å². The third kappa shape index (κ3) is 10.6. The van der Waals surface area contributed by atoms with Crippen LogP contribution in [0.4, 0.5) is 0 Å². The average molecular weight is 405 g/mol. The minimum atomic E-state index is -1.67. The second kappa shape index (κ2) is 13.5. The SMILES string of the molecule is CC(C)[Si](OCCCCCCOCOCC[Si](C)(C)C)(C(C)C)C(C)C. The molecule has 0 spiro atoms. The highest BCUT2D eigenvalue weighted by Gasteiger charge is 2.44. The van der Waals surface area contributed by atoms with Crippen molar-refractivity contribution in [2.75, 3.05) is 26.6 Å². The van der Waals surface area contributed by atoms with Gasteiger partial charge < -0.3 is 13.9 Å². The molecule has 5 heteroatoms. The van der Waals surface area contributed by atoms with Crippen LogP contribution in [0, 0.1) is 0 Å². The Labute approximate surface area is 166 Å². The highest BCUT2D eigenvalue weighted by Crippen LogP contribution is 2.42. The molecular formula is C21H48O3Si2. The van der Waals surface area contributed by atoms with Crippen LogP contribution >= 0.6 is 0 Å². The number of ether oxygens (including phenoxy) is 2. The van der Waals surface area contributed by atoms with Crippen LogP contribution in [0.5, 0.6) is 0 Å². The molecule has 0 fully saturated rings. The van der Waals surface area contributed by atoms with Crippen LogP contribution in [0.25, 0.3) is 0 Å². The van der Waals surface area contributed by atoms with Crippen molar-refractivity contribution in [1.29, 1.82) is 0 Å². The summed E-state index contributed by atoms with van der Waals surface area (Å²) in [4.78, 5) is 0. The van der Waals surface area contributed by atoms with Gasteiger partial charge >= 0.3 is 0 Å². The van der Waals surface area contributed by atoms with E-state index in [0.717, 1.165) is 26.2 Å². The predicted molar refractivity (Wildman–Crippen MR) is 120 cm³/mol. The Morgan fingerprint density at radius 1 is 0.615 bits per heavy atom. The van der Waals surface area contributed by atoms with Crippen LogP contribution in [0.1, 0.15) is 67.2 Å². The maximum absolute atomic E-state index is 6.60. The lowest BCUT2D eigenvalue weighted by Gasteiger charge is -2.42. The van der Waals surface area contributed by atoms with Crippen LogP contribution in [0.2, 0.25) is 42.3 Å². The van der Waals surface area contributed by atoms with Crippen molar-refractivity contribution in [2.45, 2.75) is 110 Å². The quantitative estimate of drug-likeness (QED) is 0.156. The lowest BCUT2D eigenvalue weighted by atomic mass is 10.2. The highest BCUT2D eigenvalue weighted by atomic mass is 28.4. The van der Waals surface area contributed by atoms with Crippen molar-refractivity contribution < 1.29 is 13.9 Å². The van der Waals surface area contributed by atoms with Gasteiger partial charge in [0.25, 0.3) is 0 Å². The molecule has 158 valence electrons. The molecule has 0 radical (unpaired) electrons. The molecule has 0 aromatic carbocycles. The van der Waals surface area contributed by atoms with Gasteiger partial charge in [-0.2, -0.15) is 0 Å². The molecule has 0 aliphatic rings. The number of hydrogen-bond donors (Lipinski definition) is 0. The molecule has 26 heavy (non-hydrogen) atoms. The first-order chi connectivity index (χ1) is 12.0. The Balaban J connectivity index is 3.72. The lowest BCUT2D eigenvalue weighted by molar-refractivity contribution is -0.0504. The summed E-state index contributed by atoms with van der Waals surface area (Å²) in [6.07, 6.45) is 4.75. The van der Waals surface area contributed by atoms with E-state index < -0.39 is 16.4 Å². The number of hydrogen-bond acceptors (Lipinski definition) is 3. The summed E-state index contributed by atoms with van der Waals surface area (Å²) in [6.45, 7) is 24.3. The van der Waals surface area contributed by atoms with Crippen LogP contribution in [-0.2, 0) is 13.9 Å². The van der Waals surface area contributed by atoms with Crippen LogP contribution in [0.15, 0.2) is 0 Å². The van der Waals surface area contributed by atoms with E-state index >= 15 is 0 Å². The van der Waals surface area contributed by atoms with E-state index in [9.17, 15) is 0 Å². The zero-order chi connectivity index (χ0) is 20.2. The van der Waals surface area contributed by atoms with Gasteiger partial charge in [0.1, 0.15) is 6.79 Å². The predicted octanol–water partition coefficient (Wildman–Crippen LogP) is 7.07. The van der Waals surface area contributed by atoms with Crippen molar-refractivity contribution in [3.8, 4) is 0 Å². The van der Waals surface area contributed by atoms with Gasteiger partial charge in [-0.15, -0.1) is 0 Å². The van der Waals surface area contributed by atoms with Gasteiger partial charge in [-0.25, -0.2) is 0 Å². The maximum atomic E-state index is 6.60. The highest BCUT2D eigenvalue weighted by molar-refractivity contribution is 6.77. The molecule has 0 unspecified atom stereocenters. The first kappa shape index (κ1) is 26.3. The summed E-state index contributed by atoms with van der Waals surface area (Å²) in [5.74, 6) is 0. The first-order valence-electron chi connectivity index (χ1n) is 10.8. The van der Waals surface area contributed by atoms with E-state index in [2.05, 4.69) is 61.2 Å². The molecule has 0 saturated heterocycles. The summed E-state index contributed by atoms with van der Waals surface area (Å²) in [7, 11) is -2.65. The third-order valence-electron chi connectivity index (χ3n) is 5.41. The van der Waals surface area contributed by atoms with Crippen molar-refractivity contribution >= 4 is 16.4 Å². The monoisotopic (exact) mass is 404 g/mol. The minimum Gasteiger partial charge on any atom is -0.416 e. The molecule has 0 aliphatic heterocycles. The van der Waals surface area contributed by atoms with Crippen LogP contribution in [0.3, 0.4) is 0 Å². The van der Waals surface area contributed by atoms with Crippen molar-refractivity contribution in [3.05, 3.63) is 0 Å². The molecule has 0 saturated carbocycles. The second-order valence-corrected chi connectivity index (χ2v) is 20.9. The van der Waals surface area contributed by atoms with Gasteiger partial charge in [-0.1, -0.05) is 74.0 Å². The van der Waals surface area contributed by atoms with Gasteiger partial charge in [0.05, 0.1) is 0 Å². The zero-order valence-electron chi connectivity index (χ0n) is 19.3. The number of unbranched alkanes of at least 4 members (excludes halogenated alkanes) is 3. The van der Waals surface area contributed by atoms with E-state index in [4.69, 9.17) is 13.9 Å². The van der Waals surface area contributed by atoms with Gasteiger partial charge in [-0.3, -0.25) is 0 Å². The number of rotatable bonds is 16. The standard InChI is InChI=1S/C21H48O3Si2/c1-19(2)26(20(3)4,21(5)6)24-15-13-11-10-12-14-22-18-23-16-17-25(7,8)9/h19-21H,10-18H2,1-9H3. The molecule has 0 rings (SSSR count). The maximum Gasteiger partial charge on any atom is 0.200 e. The Morgan fingerprint density at radius 3 is 1.54 bits per heavy atom. The molecule has 3 nitrogen and oxygen atoms in total. The molecule has 0 bridgehead atoms. The molecule has 0 heterocycles. The molecular weight excluding hydrogens is 356 g/mol. The van der Waals surface area contributed by atoms with Gasteiger partial charge in [0.15, 0.2) is 8.32 Å². The van der Waals surface area contributed by atoms with Crippen molar-refractivity contribution in [3.63, 3.8) is 0 Å². The Kier molecular flexibility index (Phi) is 13.6. The molecule has 0 N–H and O–H groups in total. The Bertz CT molecular complexity index is 317. The molecule has 0 aromatic rings. The van der Waals surface area contributed by atoms with Crippen molar-refractivity contribution in [1.82, 2.24) is 0 Å². The largest absolute Gasteiger partial charge is 0.416 e. The fourth-order valence-electron chi connectivity index (χ4n) is 3.96. The Hall–Kier alpha value is 0.314. The molecule has 0 aliphatic carbocycles. The van der Waals surface area contributed by atoms with Gasteiger partial charge in [0.2, 0.25) is 0 Å². The Morgan fingerprint density at radius 2 is 1.08 bits per heavy atom. The smallest absolute Gasteiger partial charge is 0.200 e. The van der Waals surface area contributed by atoms with Crippen molar-refractivity contribution in [2.24, 2.45) is 0 Å². The molecule has 0 atom stereocenters. The van der Waals surface area contributed by atoms with Crippen LogP contribution in [-0.4, -0.2) is 43.0 Å². The minimum absolute atomic E-state index is 0.457. The fourth-order valence-corrected chi connectivity index (χ4v) is 10.2. The topological polar surface area (TPSA) is 27.7 Å². The normalized spacial score (nSPS) is 13.4. The molecule has 0 amide bonds. The zero-order valence-corrected chi connectivity index (χ0v) is 21.3. The average Bonchev–Trinajstić information content (AvgIpc) is 2.49. The van der Waals surface area contributed by atoms with E-state index in [0.29, 0.717) is 23.4 Å². The van der Waals surface area contributed by atoms with E-state index in [-0.39, 0.29) is 0 Å². The van der Waals surface area contributed by atoms with E-state index in [1.165, 1.54) is 25.3 Å². The summed E-state index contributed by atoms with van der Waals surface area (Å²) in [6, 6.07) is 1.21. The summed E-state index contributed by atoms with van der Waals surface area (Å²) in [5.41, 5.74) is 2.03. The van der Waals surface area contributed by atoms with Gasteiger partial charge in [0, 0.05) is 27.9 Å². The third-order valence-corrected chi connectivity index (χ3v) is 13.2. The van der Waals surface area contributed by atoms with E-state index in [1.807, 2.05) is 0 Å².